The number of carbonyl (C=O) groups is 1. The van der Waals surface area contributed by atoms with E-state index in [1.54, 1.807) is 0 Å². The van der Waals surface area contributed by atoms with Gasteiger partial charge in [-0.25, -0.2) is 0 Å². The van der Waals surface area contributed by atoms with Gasteiger partial charge < -0.3 is 24.9 Å². The van der Waals surface area contributed by atoms with Gasteiger partial charge in [0.25, 0.3) is 5.91 Å². The smallest absolute Gasteiger partial charge is 0.457 e. The molecule has 2 aromatic rings. The van der Waals surface area contributed by atoms with Crippen molar-refractivity contribution in [2.45, 2.75) is 38.7 Å². The fourth-order valence-electron chi connectivity index (χ4n) is 3.09. The Morgan fingerprint density at radius 3 is 2.62 bits per heavy atom. The quantitative estimate of drug-likeness (QED) is 0.596. The van der Waals surface area contributed by atoms with Gasteiger partial charge in [0.05, 0.1) is 11.7 Å². The van der Waals surface area contributed by atoms with Crippen LogP contribution < -0.4 is 10.1 Å². The summed E-state index contributed by atoms with van der Waals surface area (Å²) in [5.74, 6) is 0.415. The predicted octanol–water partition coefficient (Wildman–Crippen LogP) is 2.51. The van der Waals surface area contributed by atoms with Crippen LogP contribution in [-0.4, -0.2) is 40.8 Å². The van der Waals surface area contributed by atoms with Gasteiger partial charge in [-0.05, 0) is 36.6 Å². The molecule has 2 aromatic carbocycles. The number of nitrogens with one attached hydrogen (secondary N) is 1. The summed E-state index contributed by atoms with van der Waals surface area (Å²) in [6.07, 6.45) is -0.0729. The Morgan fingerprint density at radius 2 is 1.93 bits per heavy atom. The molecule has 3 N–H and O–H groups in total. The van der Waals surface area contributed by atoms with Crippen molar-refractivity contribution in [1.29, 1.82) is 0 Å². The van der Waals surface area contributed by atoms with Crippen LogP contribution in [0.1, 0.15) is 32.3 Å². The van der Waals surface area contributed by atoms with Gasteiger partial charge in [-0.3, -0.25) is 4.79 Å². The molecule has 0 spiro atoms. The molecule has 8 heteroatoms. The average Bonchev–Trinajstić information content (AvgIpc) is 3.18. The third kappa shape index (κ3) is 5.82. The molecule has 1 amide bonds. The van der Waals surface area contributed by atoms with E-state index in [9.17, 15) is 14.8 Å². The standard InChI is InChI=1S/C21H25BN2O5/c1-14(2)11-20(22(26)27)23-21(25)19-13-18(24-29-19)15-7-6-10-17(12-15)28-16-8-4-3-5-9-16/h3-10,12,14,19-20,26-27H,11,13H2,1-2H3,(H,23,25)/t19?,20-/m0/s1. The second kappa shape index (κ2) is 9.58. The number of carbonyl (C=O) groups excluding carboxylic acids is 1. The summed E-state index contributed by atoms with van der Waals surface area (Å²) in [5.41, 5.74) is 1.43. The van der Waals surface area contributed by atoms with E-state index in [4.69, 9.17) is 9.57 Å². The fraction of sp³-hybridized carbons (Fsp3) is 0.333. The molecule has 7 nitrogen and oxygen atoms in total. The van der Waals surface area contributed by atoms with E-state index >= 15 is 0 Å². The van der Waals surface area contributed by atoms with E-state index in [0.717, 1.165) is 11.3 Å². The first-order valence-corrected chi connectivity index (χ1v) is 9.65. The molecule has 1 aliphatic rings. The van der Waals surface area contributed by atoms with Gasteiger partial charge in [0.15, 0.2) is 0 Å². The van der Waals surface area contributed by atoms with Gasteiger partial charge in [0.2, 0.25) is 6.10 Å². The molecular weight excluding hydrogens is 371 g/mol. The van der Waals surface area contributed by atoms with E-state index < -0.39 is 25.1 Å². The zero-order chi connectivity index (χ0) is 20.8. The molecule has 29 heavy (non-hydrogen) atoms. The third-order valence-electron chi connectivity index (χ3n) is 4.52. The Labute approximate surface area is 170 Å². The van der Waals surface area contributed by atoms with E-state index in [0.29, 0.717) is 17.9 Å². The molecule has 0 radical (unpaired) electrons. The van der Waals surface area contributed by atoms with Gasteiger partial charge in [0, 0.05) is 12.0 Å². The average molecular weight is 396 g/mol. The molecule has 1 heterocycles. The molecule has 3 rings (SSSR count). The maximum atomic E-state index is 12.5. The summed E-state index contributed by atoms with van der Waals surface area (Å²) in [5, 5.41) is 25.7. The zero-order valence-electron chi connectivity index (χ0n) is 16.5. The maximum Gasteiger partial charge on any atom is 0.475 e. The van der Waals surface area contributed by atoms with Crippen LogP contribution in [0.25, 0.3) is 0 Å². The normalized spacial score (nSPS) is 16.7. The molecule has 0 fully saturated rings. The Bertz CT molecular complexity index is 857. The molecule has 0 aliphatic carbocycles. The predicted molar refractivity (Wildman–Crippen MR) is 111 cm³/mol. The highest BCUT2D eigenvalue weighted by Crippen LogP contribution is 2.24. The largest absolute Gasteiger partial charge is 0.475 e. The lowest BCUT2D eigenvalue weighted by Crippen LogP contribution is -2.50. The Hall–Kier alpha value is -2.84. The van der Waals surface area contributed by atoms with Crippen LogP contribution in [0.4, 0.5) is 0 Å². The first-order chi connectivity index (χ1) is 13.9. The Morgan fingerprint density at radius 1 is 1.21 bits per heavy atom. The minimum absolute atomic E-state index is 0.200. The van der Waals surface area contributed by atoms with Crippen LogP contribution in [0.3, 0.4) is 0 Å². The fourth-order valence-corrected chi connectivity index (χ4v) is 3.09. The van der Waals surface area contributed by atoms with Crippen molar-refractivity contribution in [3.63, 3.8) is 0 Å². The highest BCUT2D eigenvalue weighted by molar-refractivity contribution is 6.43. The number of para-hydroxylation sites is 1. The van der Waals surface area contributed by atoms with Crippen molar-refractivity contribution in [2.24, 2.45) is 11.1 Å². The van der Waals surface area contributed by atoms with Gasteiger partial charge in [-0.15, -0.1) is 0 Å². The Balaban J connectivity index is 1.61. The lowest BCUT2D eigenvalue weighted by atomic mass is 9.75. The first-order valence-electron chi connectivity index (χ1n) is 9.65. The Kier molecular flexibility index (Phi) is 6.90. The first kappa shape index (κ1) is 20.9. The number of hydrogen-bond acceptors (Lipinski definition) is 6. The topological polar surface area (TPSA) is 100 Å². The highest BCUT2D eigenvalue weighted by Gasteiger charge is 2.33. The number of rotatable bonds is 8. The lowest BCUT2D eigenvalue weighted by Gasteiger charge is -2.20. The van der Waals surface area contributed by atoms with Crippen molar-refractivity contribution in [3.05, 3.63) is 60.2 Å². The van der Waals surface area contributed by atoms with E-state index in [1.807, 2.05) is 68.4 Å². The SMILES string of the molecule is CC(C)C[C@H](NC(=O)C1CC(c2cccc(Oc3ccccc3)c2)=NO1)B(O)O. The van der Waals surface area contributed by atoms with Crippen LogP contribution >= 0.6 is 0 Å². The molecule has 0 saturated carbocycles. The van der Waals surface area contributed by atoms with Crippen molar-refractivity contribution in [3.8, 4) is 11.5 Å². The van der Waals surface area contributed by atoms with Gasteiger partial charge in [-0.1, -0.05) is 49.3 Å². The minimum Gasteiger partial charge on any atom is -0.457 e. The number of oxime groups is 1. The molecule has 0 aromatic heterocycles. The number of amides is 1. The molecule has 1 aliphatic heterocycles. The molecule has 0 bridgehead atoms. The van der Waals surface area contributed by atoms with Crippen molar-refractivity contribution >= 4 is 18.7 Å². The zero-order valence-corrected chi connectivity index (χ0v) is 16.5. The number of benzene rings is 2. The number of ether oxygens (including phenoxy) is 1. The second-order valence-electron chi connectivity index (χ2n) is 7.44. The van der Waals surface area contributed by atoms with Crippen molar-refractivity contribution in [1.82, 2.24) is 5.32 Å². The van der Waals surface area contributed by atoms with Crippen LogP contribution in [0, 0.1) is 5.92 Å². The monoisotopic (exact) mass is 396 g/mol. The summed E-state index contributed by atoms with van der Waals surface area (Å²) in [6.45, 7) is 3.89. The summed E-state index contributed by atoms with van der Waals surface area (Å²) >= 11 is 0. The summed E-state index contributed by atoms with van der Waals surface area (Å²) < 4.78 is 5.84. The van der Waals surface area contributed by atoms with Crippen LogP contribution in [-0.2, 0) is 9.63 Å². The van der Waals surface area contributed by atoms with Gasteiger partial charge >= 0.3 is 7.12 Å². The van der Waals surface area contributed by atoms with Crippen LogP contribution in [0.5, 0.6) is 11.5 Å². The van der Waals surface area contributed by atoms with Crippen molar-refractivity contribution in [2.75, 3.05) is 0 Å². The third-order valence-corrected chi connectivity index (χ3v) is 4.52. The number of hydrogen-bond donors (Lipinski definition) is 3. The van der Waals surface area contributed by atoms with Crippen LogP contribution in [0.15, 0.2) is 59.8 Å². The van der Waals surface area contributed by atoms with E-state index in [2.05, 4.69) is 10.5 Å². The van der Waals surface area contributed by atoms with E-state index in [-0.39, 0.29) is 12.3 Å². The highest BCUT2D eigenvalue weighted by atomic mass is 16.6. The molecule has 152 valence electrons. The second-order valence-corrected chi connectivity index (χ2v) is 7.44. The summed E-state index contributed by atoms with van der Waals surface area (Å²) in [4.78, 5) is 17.8. The molecule has 0 saturated heterocycles. The molecule has 1 unspecified atom stereocenters. The lowest BCUT2D eigenvalue weighted by molar-refractivity contribution is -0.131. The van der Waals surface area contributed by atoms with Gasteiger partial charge in [0.1, 0.15) is 11.5 Å². The number of nitrogens with zero attached hydrogens (tertiary/aromatic N) is 1. The maximum absolute atomic E-state index is 12.5. The van der Waals surface area contributed by atoms with E-state index in [1.165, 1.54) is 0 Å². The summed E-state index contributed by atoms with van der Waals surface area (Å²) in [7, 11) is -1.63. The van der Waals surface area contributed by atoms with Crippen LogP contribution in [0.2, 0.25) is 0 Å². The minimum atomic E-state index is -1.63. The van der Waals surface area contributed by atoms with Crippen molar-refractivity contribution < 1.29 is 24.4 Å². The molecular formula is C21H25BN2O5. The molecule has 2 atom stereocenters. The van der Waals surface area contributed by atoms with Gasteiger partial charge in [-0.2, -0.15) is 0 Å². The summed E-state index contributed by atoms with van der Waals surface area (Å²) in [6, 6.07) is 16.9.